The lowest BCUT2D eigenvalue weighted by molar-refractivity contribution is -0.117. The number of carbonyl (C=O) groups excluding carboxylic acids is 3. The van der Waals surface area contributed by atoms with Crippen LogP contribution in [0.25, 0.3) is 11.3 Å². The predicted octanol–water partition coefficient (Wildman–Crippen LogP) is 2.76. The van der Waals surface area contributed by atoms with E-state index in [1.165, 1.54) is 0 Å². The van der Waals surface area contributed by atoms with Crippen LogP contribution in [0, 0.1) is 17.2 Å². The Kier molecular flexibility index (Phi) is 5.90. The molecule has 1 aliphatic heterocycles. The van der Waals surface area contributed by atoms with E-state index >= 15 is 0 Å². The quantitative estimate of drug-likeness (QED) is 0.460. The highest BCUT2D eigenvalue weighted by atomic mass is 16.2. The molecule has 0 unspecified atom stereocenters. The van der Waals surface area contributed by atoms with Crippen LogP contribution in [0.2, 0.25) is 0 Å². The highest BCUT2D eigenvalue weighted by Gasteiger charge is 2.33. The molecule has 2 heterocycles. The molecule has 0 radical (unpaired) electrons. The van der Waals surface area contributed by atoms with E-state index in [-0.39, 0.29) is 36.3 Å². The van der Waals surface area contributed by atoms with Gasteiger partial charge in [-0.25, -0.2) is 0 Å². The van der Waals surface area contributed by atoms with Crippen molar-refractivity contribution in [1.29, 1.82) is 5.26 Å². The molecule has 182 valence electrons. The maximum Gasteiger partial charge on any atom is 0.273 e. The third-order valence-electron chi connectivity index (χ3n) is 6.38. The van der Waals surface area contributed by atoms with Crippen LogP contribution in [0.1, 0.15) is 52.2 Å². The average Bonchev–Trinajstić information content (AvgIpc) is 3.64. The maximum atomic E-state index is 13.2. The molecule has 3 amide bonds. The normalized spacial score (nSPS) is 16.7. The van der Waals surface area contributed by atoms with Crippen LogP contribution in [-0.2, 0) is 4.79 Å². The summed E-state index contributed by atoms with van der Waals surface area (Å²) in [5, 5.41) is 19.7. The molecule has 2 aliphatic rings. The number of benzene rings is 2. The number of hydrogen-bond acceptors (Lipinski definition) is 6. The van der Waals surface area contributed by atoms with Crippen LogP contribution in [0.15, 0.2) is 48.5 Å². The third-order valence-corrected chi connectivity index (χ3v) is 6.38. The number of anilines is 2. The van der Waals surface area contributed by atoms with Crippen molar-refractivity contribution < 1.29 is 14.4 Å². The van der Waals surface area contributed by atoms with Crippen LogP contribution in [0.5, 0.6) is 0 Å². The molecule has 1 fully saturated rings. The zero-order valence-electron chi connectivity index (χ0n) is 19.7. The smallest absolute Gasteiger partial charge is 0.273 e. The van der Waals surface area contributed by atoms with E-state index in [9.17, 15) is 19.6 Å². The van der Waals surface area contributed by atoms with E-state index in [1.54, 1.807) is 58.1 Å². The minimum absolute atomic E-state index is 0.00240. The highest BCUT2D eigenvalue weighted by Crippen LogP contribution is 2.34. The number of nitrogen functional groups attached to an aromatic ring is 1. The first kappa shape index (κ1) is 23.1. The van der Waals surface area contributed by atoms with Gasteiger partial charge in [0.05, 0.1) is 35.7 Å². The van der Waals surface area contributed by atoms with E-state index in [1.807, 2.05) is 6.92 Å². The second-order valence-electron chi connectivity index (χ2n) is 9.16. The van der Waals surface area contributed by atoms with Crippen molar-refractivity contribution in [2.75, 3.05) is 24.3 Å². The number of carbonyl (C=O) groups is 3. The van der Waals surface area contributed by atoms with Crippen LogP contribution in [0.4, 0.5) is 11.4 Å². The van der Waals surface area contributed by atoms with Crippen molar-refractivity contribution in [3.63, 3.8) is 0 Å². The molecule has 10 nitrogen and oxygen atoms in total. The summed E-state index contributed by atoms with van der Waals surface area (Å²) in [5.41, 5.74) is 9.14. The van der Waals surface area contributed by atoms with Gasteiger partial charge in [-0.05, 0) is 68.3 Å². The zero-order valence-corrected chi connectivity index (χ0v) is 19.7. The first-order valence-corrected chi connectivity index (χ1v) is 11.7. The zero-order chi connectivity index (χ0) is 25.4. The fraction of sp³-hybridized carbons (Fsp3) is 0.269. The summed E-state index contributed by atoms with van der Waals surface area (Å²) in [6.07, 6.45) is 1.71. The summed E-state index contributed by atoms with van der Waals surface area (Å²) in [6, 6.07) is 15.2. The number of aromatic nitrogens is 2. The van der Waals surface area contributed by atoms with Crippen molar-refractivity contribution in [1.82, 2.24) is 20.0 Å². The number of nitrogens with zero attached hydrogens (tertiary/aromatic N) is 4. The molecule has 5 rings (SSSR count). The van der Waals surface area contributed by atoms with Crippen LogP contribution in [0.3, 0.4) is 0 Å². The van der Waals surface area contributed by atoms with Gasteiger partial charge < -0.3 is 21.3 Å². The molecule has 10 heteroatoms. The number of rotatable bonds is 6. The fourth-order valence-electron chi connectivity index (χ4n) is 4.22. The van der Waals surface area contributed by atoms with E-state index in [4.69, 9.17) is 5.73 Å². The molecule has 1 atom stereocenters. The summed E-state index contributed by atoms with van der Waals surface area (Å²) in [5.74, 6) is -0.647. The molecule has 0 bridgehead atoms. The number of nitriles is 1. The lowest BCUT2D eigenvalue weighted by Crippen LogP contribution is -2.47. The average molecular weight is 484 g/mol. The van der Waals surface area contributed by atoms with Crippen LogP contribution >= 0.6 is 0 Å². The van der Waals surface area contributed by atoms with Gasteiger partial charge in [0.2, 0.25) is 5.91 Å². The first-order valence-electron chi connectivity index (χ1n) is 11.7. The molecule has 0 saturated heterocycles. The Morgan fingerprint density at radius 1 is 1.17 bits per heavy atom. The molecule has 1 saturated carbocycles. The Morgan fingerprint density at radius 2 is 1.92 bits per heavy atom. The van der Waals surface area contributed by atoms with Crippen molar-refractivity contribution in [2.24, 2.45) is 5.92 Å². The Hall–Kier alpha value is -4.65. The van der Waals surface area contributed by atoms with E-state index < -0.39 is 0 Å². The first-order chi connectivity index (χ1) is 17.3. The molecular weight excluding hydrogens is 458 g/mol. The van der Waals surface area contributed by atoms with E-state index in [0.717, 1.165) is 12.8 Å². The van der Waals surface area contributed by atoms with E-state index in [0.29, 0.717) is 46.0 Å². The molecule has 4 N–H and O–H groups in total. The number of amides is 3. The lowest BCUT2D eigenvalue weighted by Gasteiger charge is -2.31. The number of fused-ring (bicyclic) bond motifs is 1. The highest BCUT2D eigenvalue weighted by molar-refractivity contribution is 5.99. The summed E-state index contributed by atoms with van der Waals surface area (Å²) in [4.78, 5) is 39.7. The molecule has 1 aliphatic carbocycles. The molecule has 1 aromatic heterocycles. The van der Waals surface area contributed by atoms with Crippen molar-refractivity contribution >= 4 is 29.1 Å². The van der Waals surface area contributed by atoms with Gasteiger partial charge >= 0.3 is 0 Å². The monoisotopic (exact) mass is 483 g/mol. The van der Waals surface area contributed by atoms with Gasteiger partial charge in [0.1, 0.15) is 5.69 Å². The minimum Gasteiger partial charge on any atom is -0.399 e. The number of nitrogens with one attached hydrogen (secondary N) is 2. The Balaban J connectivity index is 1.37. The number of nitrogens with two attached hydrogens (primary N) is 1. The Morgan fingerprint density at radius 3 is 2.61 bits per heavy atom. The van der Waals surface area contributed by atoms with Gasteiger partial charge in [-0.3, -0.25) is 19.1 Å². The summed E-state index contributed by atoms with van der Waals surface area (Å²) >= 11 is 0. The van der Waals surface area contributed by atoms with Crippen molar-refractivity contribution in [2.45, 2.75) is 25.8 Å². The lowest BCUT2D eigenvalue weighted by atomic mass is 10.1. The van der Waals surface area contributed by atoms with Crippen LogP contribution in [-0.4, -0.2) is 45.6 Å². The van der Waals surface area contributed by atoms with E-state index in [2.05, 4.69) is 21.8 Å². The third kappa shape index (κ3) is 4.51. The summed E-state index contributed by atoms with van der Waals surface area (Å²) in [7, 11) is 0. The SMILES string of the molecule is C[C@H]1CN(CNC(=O)c2ccc(N)cc2)C(=O)c2cc(-c3ccc(C#N)cc3NC(=O)C3CC3)nn21. The van der Waals surface area contributed by atoms with Gasteiger partial charge in [-0.2, -0.15) is 10.4 Å². The molecule has 2 aromatic carbocycles. The molecular formula is C26H25N7O3. The maximum absolute atomic E-state index is 13.2. The van der Waals surface area contributed by atoms with Gasteiger partial charge in [-0.15, -0.1) is 0 Å². The Labute approximate surface area is 207 Å². The van der Waals surface area contributed by atoms with Crippen molar-refractivity contribution in [3.8, 4) is 17.3 Å². The van der Waals surface area contributed by atoms with Gasteiger partial charge in [0.25, 0.3) is 11.8 Å². The minimum atomic E-state index is -0.302. The molecule has 36 heavy (non-hydrogen) atoms. The largest absolute Gasteiger partial charge is 0.399 e. The second kappa shape index (κ2) is 9.19. The van der Waals surface area contributed by atoms with Gasteiger partial charge in [0, 0.05) is 29.3 Å². The molecule has 3 aromatic rings. The number of hydrogen-bond donors (Lipinski definition) is 3. The Bertz CT molecular complexity index is 1400. The summed E-state index contributed by atoms with van der Waals surface area (Å²) in [6.45, 7) is 2.36. The fourth-order valence-corrected chi connectivity index (χ4v) is 4.22. The van der Waals surface area contributed by atoms with Crippen molar-refractivity contribution in [3.05, 3.63) is 65.4 Å². The standard InChI is InChI=1S/C26H25N7O3/c1-15-13-32(14-29-24(34)17-5-7-19(28)8-6-17)26(36)23-11-22(31-33(15)23)20-9-2-16(12-27)10-21(20)30-25(35)18-3-4-18/h2,5-11,15,18H,3-4,13-14,28H2,1H3,(H,29,34)(H,30,35)/t15-/m0/s1. The summed E-state index contributed by atoms with van der Waals surface area (Å²) < 4.78 is 1.67. The second-order valence-corrected chi connectivity index (χ2v) is 9.16. The molecule has 0 spiro atoms. The van der Waals surface area contributed by atoms with Gasteiger partial charge in [0.15, 0.2) is 0 Å². The van der Waals surface area contributed by atoms with Gasteiger partial charge in [-0.1, -0.05) is 0 Å². The predicted molar refractivity (Wildman–Crippen MR) is 133 cm³/mol. The van der Waals surface area contributed by atoms with Crippen LogP contribution < -0.4 is 16.4 Å². The topological polar surface area (TPSA) is 146 Å².